The molecule has 1 fully saturated rings. The molecule has 1 aliphatic heterocycles. The van der Waals surface area contributed by atoms with Gasteiger partial charge in [-0.15, -0.1) is 0 Å². The van der Waals surface area contributed by atoms with Gasteiger partial charge in [0, 0.05) is 25.6 Å². The predicted octanol–water partition coefficient (Wildman–Crippen LogP) is 1.63. The summed E-state index contributed by atoms with van der Waals surface area (Å²) in [5.41, 5.74) is 6.03. The van der Waals surface area contributed by atoms with Gasteiger partial charge in [-0.25, -0.2) is 15.0 Å². The number of piperidine rings is 1. The van der Waals surface area contributed by atoms with Crippen molar-refractivity contribution < 1.29 is 23.1 Å². The quantitative estimate of drug-likeness (QED) is 0.487. The van der Waals surface area contributed by atoms with Crippen LogP contribution in [-0.4, -0.2) is 61.2 Å². The topological polar surface area (TPSA) is 122 Å². The molecule has 0 unspecified atom stereocenters. The predicted molar refractivity (Wildman–Crippen MR) is 114 cm³/mol. The number of carbonyl (C=O) groups is 1. The zero-order chi connectivity index (χ0) is 23.6. The number of nitrogens with one attached hydrogen (secondary N) is 1. The van der Waals surface area contributed by atoms with E-state index in [1.807, 2.05) is 9.47 Å². The molecule has 1 amide bonds. The van der Waals surface area contributed by atoms with Crippen molar-refractivity contribution in [2.75, 3.05) is 25.0 Å². The first-order chi connectivity index (χ1) is 15.7. The van der Waals surface area contributed by atoms with Gasteiger partial charge >= 0.3 is 6.18 Å². The van der Waals surface area contributed by atoms with Gasteiger partial charge in [-0.3, -0.25) is 9.69 Å². The molecular formula is C21H24F3N7O2. The molecule has 12 heteroatoms. The molecule has 3 aromatic rings. The Kier molecular flexibility index (Phi) is 6.47. The molecule has 4 N–H and O–H groups in total. The number of imidazole rings is 1. The van der Waals surface area contributed by atoms with Crippen molar-refractivity contribution in [3.8, 4) is 0 Å². The number of hydrogen-bond donors (Lipinski definition) is 3. The molecule has 0 radical (unpaired) electrons. The normalized spacial score (nSPS) is 19.6. The number of fused-ring (bicyclic) bond motifs is 1. The van der Waals surface area contributed by atoms with E-state index in [1.165, 1.54) is 12.4 Å². The Bertz CT molecular complexity index is 1130. The molecule has 2 atom stereocenters. The van der Waals surface area contributed by atoms with E-state index in [1.54, 1.807) is 12.4 Å². The van der Waals surface area contributed by atoms with Crippen LogP contribution < -0.4 is 11.1 Å². The maximum atomic E-state index is 12.9. The van der Waals surface area contributed by atoms with Gasteiger partial charge in [0.05, 0.1) is 24.5 Å². The maximum Gasteiger partial charge on any atom is 0.416 e. The molecule has 0 saturated carbocycles. The molecule has 33 heavy (non-hydrogen) atoms. The molecule has 1 saturated heterocycles. The van der Waals surface area contributed by atoms with Crippen molar-refractivity contribution >= 4 is 22.9 Å². The average Bonchev–Trinajstić information content (AvgIpc) is 3.17. The lowest BCUT2D eigenvalue weighted by atomic mass is 9.93. The van der Waals surface area contributed by atoms with E-state index < -0.39 is 23.8 Å². The second kappa shape index (κ2) is 9.32. The highest BCUT2D eigenvalue weighted by Gasteiger charge is 2.31. The molecule has 2 aromatic heterocycles. The highest BCUT2D eigenvalue weighted by molar-refractivity contribution is 5.82. The van der Waals surface area contributed by atoms with Crippen LogP contribution in [-0.2, 0) is 24.1 Å². The standard InChI is InChI=1S/C21H24F3N7O2/c22-21(23,24)15-3-1-2-13(6-15)7-26-19-18-20(28-11-27-19)31(12-29-18)8-14-4-5-30(9-16(14)32)10-17(25)33/h1-3,6,11-12,14,16,32H,4-5,7-10H2,(H2,25,33)(H,26,27,28)/t14-,16+/m0/s1. The number of rotatable bonds is 7. The van der Waals surface area contributed by atoms with Crippen LogP contribution in [0.4, 0.5) is 19.0 Å². The Labute approximate surface area is 187 Å². The Hall–Kier alpha value is -3.25. The van der Waals surface area contributed by atoms with Gasteiger partial charge in [-0.1, -0.05) is 12.1 Å². The summed E-state index contributed by atoms with van der Waals surface area (Å²) >= 11 is 0. The van der Waals surface area contributed by atoms with Crippen molar-refractivity contribution in [3.63, 3.8) is 0 Å². The van der Waals surface area contributed by atoms with E-state index >= 15 is 0 Å². The van der Waals surface area contributed by atoms with Crippen molar-refractivity contribution in [3.05, 3.63) is 48.0 Å². The Morgan fingerprint density at radius 1 is 1.27 bits per heavy atom. The second-order valence-corrected chi connectivity index (χ2v) is 8.16. The smallest absolute Gasteiger partial charge is 0.391 e. The third-order valence-corrected chi connectivity index (χ3v) is 5.73. The summed E-state index contributed by atoms with van der Waals surface area (Å²) in [6.07, 6.45) is -1.38. The third kappa shape index (κ3) is 5.40. The Morgan fingerprint density at radius 2 is 2.09 bits per heavy atom. The minimum Gasteiger partial charge on any atom is -0.391 e. The van der Waals surface area contributed by atoms with Gasteiger partial charge < -0.3 is 20.7 Å². The minimum absolute atomic E-state index is 0.0528. The Morgan fingerprint density at radius 3 is 2.82 bits per heavy atom. The van der Waals surface area contributed by atoms with Crippen LogP contribution in [0.15, 0.2) is 36.9 Å². The van der Waals surface area contributed by atoms with E-state index in [-0.39, 0.29) is 19.0 Å². The number of hydrogen-bond acceptors (Lipinski definition) is 7. The van der Waals surface area contributed by atoms with E-state index in [2.05, 4.69) is 20.3 Å². The van der Waals surface area contributed by atoms with Gasteiger partial charge in [-0.05, 0) is 30.7 Å². The van der Waals surface area contributed by atoms with Gasteiger partial charge in [0.1, 0.15) is 11.8 Å². The lowest BCUT2D eigenvalue weighted by Gasteiger charge is -2.35. The number of β-amino-alcohol motifs (C(OH)–C–C–N with tert-alkyl or cyclic N) is 1. The molecular weight excluding hydrogens is 439 g/mol. The van der Waals surface area contributed by atoms with Gasteiger partial charge in [0.25, 0.3) is 0 Å². The number of aromatic nitrogens is 4. The molecule has 3 heterocycles. The molecule has 176 valence electrons. The van der Waals surface area contributed by atoms with E-state index in [0.717, 1.165) is 12.1 Å². The first-order valence-electron chi connectivity index (χ1n) is 10.5. The minimum atomic E-state index is -4.41. The number of amides is 1. The third-order valence-electron chi connectivity index (χ3n) is 5.73. The van der Waals surface area contributed by atoms with Crippen LogP contribution in [0.25, 0.3) is 11.2 Å². The highest BCUT2D eigenvalue weighted by Crippen LogP contribution is 2.30. The SMILES string of the molecule is NC(=O)CN1CC[C@@H](Cn2cnc3c(NCc4cccc(C(F)(F)F)c4)ncnc32)[C@H](O)C1. The lowest BCUT2D eigenvalue weighted by molar-refractivity contribution is -0.137. The number of carbonyl (C=O) groups excluding carboxylic acids is 1. The summed E-state index contributed by atoms with van der Waals surface area (Å²) in [6.45, 7) is 1.74. The summed E-state index contributed by atoms with van der Waals surface area (Å²) < 4.78 is 40.7. The van der Waals surface area contributed by atoms with Crippen molar-refractivity contribution in [1.29, 1.82) is 0 Å². The van der Waals surface area contributed by atoms with Crippen LogP contribution >= 0.6 is 0 Å². The number of primary amides is 1. The number of likely N-dealkylation sites (tertiary alicyclic amines) is 1. The zero-order valence-electron chi connectivity index (χ0n) is 17.7. The van der Waals surface area contributed by atoms with Crippen molar-refractivity contribution in [1.82, 2.24) is 24.4 Å². The first kappa shape index (κ1) is 22.9. The van der Waals surface area contributed by atoms with Crippen LogP contribution in [0, 0.1) is 5.92 Å². The summed E-state index contributed by atoms with van der Waals surface area (Å²) in [4.78, 5) is 25.8. The maximum absolute atomic E-state index is 12.9. The van der Waals surface area contributed by atoms with Crippen molar-refractivity contribution in [2.45, 2.75) is 31.8 Å². The van der Waals surface area contributed by atoms with E-state index in [0.29, 0.717) is 48.6 Å². The van der Waals surface area contributed by atoms with Gasteiger partial charge in [0.15, 0.2) is 11.5 Å². The molecule has 0 bridgehead atoms. The second-order valence-electron chi connectivity index (χ2n) is 8.16. The van der Waals surface area contributed by atoms with E-state index in [9.17, 15) is 23.1 Å². The largest absolute Gasteiger partial charge is 0.416 e. The van der Waals surface area contributed by atoms with Crippen molar-refractivity contribution in [2.24, 2.45) is 11.7 Å². The summed E-state index contributed by atoms with van der Waals surface area (Å²) in [7, 11) is 0. The van der Waals surface area contributed by atoms with Crippen LogP contribution in [0.1, 0.15) is 17.5 Å². The van der Waals surface area contributed by atoms with Crippen LogP contribution in [0.3, 0.4) is 0 Å². The summed E-state index contributed by atoms with van der Waals surface area (Å²) in [5, 5.41) is 13.6. The molecule has 1 aromatic carbocycles. The number of alkyl halides is 3. The fourth-order valence-corrected chi connectivity index (χ4v) is 4.06. The number of nitrogens with zero attached hydrogens (tertiary/aromatic N) is 5. The monoisotopic (exact) mass is 463 g/mol. The molecule has 9 nitrogen and oxygen atoms in total. The molecule has 4 rings (SSSR count). The van der Waals surface area contributed by atoms with Gasteiger partial charge in [-0.2, -0.15) is 13.2 Å². The lowest BCUT2D eigenvalue weighted by Crippen LogP contribution is -2.47. The first-order valence-corrected chi connectivity index (χ1v) is 10.5. The average molecular weight is 463 g/mol. The Balaban J connectivity index is 1.45. The van der Waals surface area contributed by atoms with Crippen LogP contribution in [0.5, 0.6) is 0 Å². The number of aliphatic hydroxyl groups excluding tert-OH is 1. The van der Waals surface area contributed by atoms with Crippen LogP contribution in [0.2, 0.25) is 0 Å². The zero-order valence-corrected chi connectivity index (χ0v) is 17.7. The van der Waals surface area contributed by atoms with Gasteiger partial charge in [0.2, 0.25) is 5.91 Å². The molecule has 1 aliphatic rings. The fourth-order valence-electron chi connectivity index (χ4n) is 4.06. The number of nitrogens with two attached hydrogens (primary N) is 1. The summed E-state index contributed by atoms with van der Waals surface area (Å²) in [5.74, 6) is -0.0703. The summed E-state index contributed by atoms with van der Waals surface area (Å²) in [6, 6.07) is 5.09. The molecule has 0 spiro atoms. The van der Waals surface area contributed by atoms with E-state index in [4.69, 9.17) is 5.73 Å². The number of anilines is 1. The number of aliphatic hydroxyl groups is 1. The highest BCUT2D eigenvalue weighted by atomic mass is 19.4. The molecule has 0 aliphatic carbocycles. The number of benzene rings is 1. The fraction of sp³-hybridized carbons (Fsp3) is 0.429. The number of halogens is 3.